The van der Waals surface area contributed by atoms with Crippen molar-refractivity contribution < 1.29 is 0 Å². The number of nitrogens with one attached hydrogen (secondary N) is 1. The molecule has 17 heavy (non-hydrogen) atoms. The molecule has 0 saturated heterocycles. The zero-order valence-corrected chi connectivity index (χ0v) is 11.0. The maximum Gasteiger partial charge on any atom is 0.0907 e. The number of hydrazine groups is 1. The van der Waals surface area contributed by atoms with Gasteiger partial charge in [-0.2, -0.15) is 0 Å². The monoisotopic (exact) mass is 292 g/mol. The summed E-state index contributed by atoms with van der Waals surface area (Å²) in [5.41, 5.74) is 5.78. The first kappa shape index (κ1) is 12.2. The van der Waals surface area contributed by atoms with E-state index in [1.807, 2.05) is 19.1 Å². The van der Waals surface area contributed by atoms with Crippen molar-refractivity contribution in [2.45, 2.75) is 13.0 Å². The van der Waals surface area contributed by atoms with Gasteiger partial charge in [0.25, 0.3) is 0 Å². The number of rotatable bonds is 3. The lowest BCUT2D eigenvalue weighted by Gasteiger charge is -2.17. The molecule has 4 nitrogen and oxygen atoms in total. The van der Waals surface area contributed by atoms with Gasteiger partial charge in [-0.25, -0.2) is 5.43 Å². The summed E-state index contributed by atoms with van der Waals surface area (Å²) in [6, 6.07) is 5.95. The summed E-state index contributed by atoms with van der Waals surface area (Å²) in [7, 11) is 0. The Morgan fingerprint density at radius 2 is 2.18 bits per heavy atom. The highest BCUT2D eigenvalue weighted by molar-refractivity contribution is 9.10. The van der Waals surface area contributed by atoms with Gasteiger partial charge < -0.3 is 0 Å². The Labute approximate surface area is 108 Å². The van der Waals surface area contributed by atoms with Crippen molar-refractivity contribution in [3.8, 4) is 0 Å². The van der Waals surface area contributed by atoms with Crippen LogP contribution in [0.25, 0.3) is 0 Å². The SMILES string of the molecule is Cc1ccc(C(NN)c2cnccn2)c(Br)c1. The van der Waals surface area contributed by atoms with Crippen LogP contribution in [-0.2, 0) is 0 Å². The zero-order chi connectivity index (χ0) is 12.3. The number of aryl methyl sites for hydroxylation is 1. The van der Waals surface area contributed by atoms with Crippen LogP contribution in [-0.4, -0.2) is 9.97 Å². The van der Waals surface area contributed by atoms with Crippen molar-refractivity contribution in [2.75, 3.05) is 0 Å². The molecule has 0 saturated carbocycles. The number of nitrogens with two attached hydrogens (primary N) is 1. The minimum atomic E-state index is -0.168. The van der Waals surface area contributed by atoms with Crippen molar-refractivity contribution in [1.29, 1.82) is 0 Å². The van der Waals surface area contributed by atoms with Crippen molar-refractivity contribution in [2.24, 2.45) is 5.84 Å². The van der Waals surface area contributed by atoms with E-state index in [2.05, 4.69) is 37.4 Å². The van der Waals surface area contributed by atoms with E-state index in [4.69, 9.17) is 5.84 Å². The van der Waals surface area contributed by atoms with Crippen LogP contribution in [0.1, 0.15) is 22.9 Å². The molecule has 0 spiro atoms. The smallest absolute Gasteiger partial charge is 0.0907 e. The average molecular weight is 293 g/mol. The Hall–Kier alpha value is -1.30. The fourth-order valence-corrected chi connectivity index (χ4v) is 2.38. The van der Waals surface area contributed by atoms with Crippen LogP contribution in [0.2, 0.25) is 0 Å². The van der Waals surface area contributed by atoms with Gasteiger partial charge in [-0.05, 0) is 24.1 Å². The van der Waals surface area contributed by atoms with Crippen molar-refractivity contribution in [3.05, 3.63) is 58.1 Å². The highest BCUT2D eigenvalue weighted by atomic mass is 79.9. The number of hydrogen-bond donors (Lipinski definition) is 2. The lowest BCUT2D eigenvalue weighted by Crippen LogP contribution is -2.29. The number of halogens is 1. The van der Waals surface area contributed by atoms with E-state index in [9.17, 15) is 0 Å². The molecule has 0 aliphatic heterocycles. The maximum atomic E-state index is 5.61. The third-order valence-corrected chi connectivity index (χ3v) is 3.20. The molecular weight excluding hydrogens is 280 g/mol. The standard InChI is InChI=1S/C12H13BrN4/c1-8-2-3-9(10(13)6-8)12(17-14)11-7-15-4-5-16-11/h2-7,12,17H,14H2,1H3. The van der Waals surface area contributed by atoms with Crippen LogP contribution in [0, 0.1) is 6.92 Å². The van der Waals surface area contributed by atoms with Gasteiger partial charge in [0.05, 0.1) is 17.9 Å². The second kappa shape index (κ2) is 5.35. The lowest BCUT2D eigenvalue weighted by atomic mass is 10.0. The Balaban J connectivity index is 2.42. The first-order valence-corrected chi connectivity index (χ1v) is 5.99. The molecule has 2 aromatic rings. The van der Waals surface area contributed by atoms with E-state index in [1.165, 1.54) is 5.56 Å². The van der Waals surface area contributed by atoms with Crippen LogP contribution in [0.4, 0.5) is 0 Å². The van der Waals surface area contributed by atoms with Gasteiger partial charge in [0.15, 0.2) is 0 Å². The summed E-state index contributed by atoms with van der Waals surface area (Å²) in [4.78, 5) is 8.32. The van der Waals surface area contributed by atoms with Crippen molar-refractivity contribution >= 4 is 15.9 Å². The first-order chi connectivity index (χ1) is 8.22. The summed E-state index contributed by atoms with van der Waals surface area (Å²) in [5.74, 6) is 5.61. The molecule has 1 unspecified atom stereocenters. The van der Waals surface area contributed by atoms with Gasteiger partial charge in [0.2, 0.25) is 0 Å². The number of nitrogens with zero attached hydrogens (tertiary/aromatic N) is 2. The van der Waals surface area contributed by atoms with Crippen LogP contribution in [0.5, 0.6) is 0 Å². The summed E-state index contributed by atoms with van der Waals surface area (Å²) in [6.07, 6.45) is 5.00. The molecule has 88 valence electrons. The van der Waals surface area contributed by atoms with Crippen LogP contribution in [0.3, 0.4) is 0 Å². The Morgan fingerprint density at radius 3 is 2.76 bits per heavy atom. The van der Waals surface area contributed by atoms with E-state index in [0.717, 1.165) is 15.7 Å². The van der Waals surface area contributed by atoms with Crippen LogP contribution >= 0.6 is 15.9 Å². The minimum Gasteiger partial charge on any atom is -0.271 e. The third kappa shape index (κ3) is 2.69. The molecule has 5 heteroatoms. The number of aromatic nitrogens is 2. The number of benzene rings is 1. The van der Waals surface area contributed by atoms with Crippen LogP contribution < -0.4 is 11.3 Å². The third-order valence-electron chi connectivity index (χ3n) is 2.51. The molecule has 0 fully saturated rings. The maximum absolute atomic E-state index is 5.61. The minimum absolute atomic E-state index is 0.168. The van der Waals surface area contributed by atoms with E-state index in [0.29, 0.717) is 0 Å². The Bertz CT molecular complexity index is 501. The summed E-state index contributed by atoms with van der Waals surface area (Å²) in [6.45, 7) is 2.04. The molecule has 1 heterocycles. The van der Waals surface area contributed by atoms with E-state index >= 15 is 0 Å². The molecule has 2 rings (SSSR count). The Morgan fingerprint density at radius 1 is 1.35 bits per heavy atom. The predicted octanol–water partition coefficient (Wildman–Crippen LogP) is 2.10. The fourth-order valence-electron chi connectivity index (χ4n) is 1.66. The molecule has 3 N–H and O–H groups in total. The molecule has 1 aromatic carbocycles. The molecule has 0 radical (unpaired) electrons. The van der Waals surface area contributed by atoms with Crippen molar-refractivity contribution in [1.82, 2.24) is 15.4 Å². The second-order valence-electron chi connectivity index (χ2n) is 3.75. The molecular formula is C12H13BrN4. The molecule has 0 aliphatic carbocycles. The average Bonchev–Trinajstić information content (AvgIpc) is 2.34. The molecule has 0 amide bonds. The highest BCUT2D eigenvalue weighted by Gasteiger charge is 2.16. The normalized spacial score (nSPS) is 12.4. The quantitative estimate of drug-likeness (QED) is 0.672. The van der Waals surface area contributed by atoms with Gasteiger partial charge in [0, 0.05) is 16.9 Å². The van der Waals surface area contributed by atoms with Crippen molar-refractivity contribution in [3.63, 3.8) is 0 Å². The summed E-state index contributed by atoms with van der Waals surface area (Å²) >= 11 is 3.54. The number of hydrogen-bond acceptors (Lipinski definition) is 4. The Kier molecular flexibility index (Phi) is 3.83. The van der Waals surface area contributed by atoms with E-state index in [1.54, 1.807) is 18.6 Å². The molecule has 1 atom stereocenters. The van der Waals surface area contributed by atoms with Gasteiger partial charge in [0.1, 0.15) is 0 Å². The first-order valence-electron chi connectivity index (χ1n) is 5.20. The second-order valence-corrected chi connectivity index (χ2v) is 4.61. The topological polar surface area (TPSA) is 63.8 Å². The van der Waals surface area contributed by atoms with E-state index in [-0.39, 0.29) is 6.04 Å². The van der Waals surface area contributed by atoms with Crippen LogP contribution in [0.15, 0.2) is 41.3 Å². The lowest BCUT2D eigenvalue weighted by molar-refractivity contribution is 0.615. The molecule has 1 aromatic heterocycles. The molecule has 0 aliphatic rings. The van der Waals surface area contributed by atoms with E-state index < -0.39 is 0 Å². The van der Waals surface area contributed by atoms with Gasteiger partial charge in [-0.1, -0.05) is 28.1 Å². The largest absolute Gasteiger partial charge is 0.271 e. The fraction of sp³-hybridized carbons (Fsp3) is 0.167. The predicted molar refractivity (Wildman–Crippen MR) is 70.1 cm³/mol. The van der Waals surface area contributed by atoms with Gasteiger partial charge >= 0.3 is 0 Å². The van der Waals surface area contributed by atoms with Gasteiger partial charge in [-0.3, -0.25) is 15.8 Å². The summed E-state index contributed by atoms with van der Waals surface area (Å²) in [5, 5.41) is 0. The zero-order valence-electron chi connectivity index (χ0n) is 9.39. The molecule has 0 bridgehead atoms. The highest BCUT2D eigenvalue weighted by Crippen LogP contribution is 2.27. The van der Waals surface area contributed by atoms with Gasteiger partial charge in [-0.15, -0.1) is 0 Å². The summed E-state index contributed by atoms with van der Waals surface area (Å²) < 4.78 is 1.01.